The number of carbonyl (C=O) groups excluding carboxylic acids is 3. The Morgan fingerprint density at radius 2 is 1.81 bits per heavy atom. The fourth-order valence-corrected chi connectivity index (χ4v) is 3.35. The molecule has 0 saturated carbocycles. The van der Waals surface area contributed by atoms with E-state index in [-0.39, 0.29) is 29.0 Å². The molecule has 1 rings (SSSR count). The third kappa shape index (κ3) is 4.48. The van der Waals surface area contributed by atoms with Crippen molar-refractivity contribution in [3.05, 3.63) is 12.2 Å². The van der Waals surface area contributed by atoms with E-state index in [4.69, 9.17) is 0 Å². The number of hydrogen-bond donors (Lipinski definition) is 0. The van der Waals surface area contributed by atoms with E-state index in [1.807, 2.05) is 0 Å². The zero-order chi connectivity index (χ0) is 12.0. The first kappa shape index (κ1) is 14.1. The normalized spacial score (nSPS) is 15.2. The van der Waals surface area contributed by atoms with E-state index >= 15 is 0 Å². The van der Waals surface area contributed by atoms with Crippen molar-refractivity contribution in [1.82, 2.24) is 4.90 Å². The topological polar surface area (TPSA) is 54.5 Å². The number of nitrogens with zero attached hydrogens (tertiary/aromatic N) is 1. The Hall–Kier alpha value is 0.0100. The quantitative estimate of drug-likeness (QED) is 0.205. The Labute approximate surface area is 114 Å². The van der Waals surface area contributed by atoms with Crippen molar-refractivity contribution in [1.29, 1.82) is 0 Å². The Morgan fingerprint density at radius 1 is 1.19 bits per heavy atom. The van der Waals surface area contributed by atoms with Crippen LogP contribution >= 0.6 is 18.6 Å². The third-order valence-electron chi connectivity index (χ3n) is 2.24. The number of unbranched alkanes of at least 4 members (excludes halogenated alkanes) is 2. The summed E-state index contributed by atoms with van der Waals surface area (Å²) in [6.45, 7) is 0.470. The minimum atomic E-state index is -0.299. The molecular weight excluding hydrogens is 436 g/mol. The third-order valence-corrected chi connectivity index (χ3v) is 6.28. The molecule has 0 unspecified atom stereocenters. The number of halogens is 2. The van der Waals surface area contributed by atoms with Crippen LogP contribution in [-0.4, -0.2) is 27.0 Å². The van der Waals surface area contributed by atoms with Crippen LogP contribution in [0.25, 0.3) is 0 Å². The van der Waals surface area contributed by atoms with E-state index < -0.39 is 0 Å². The molecule has 6 heteroatoms. The average Bonchev–Trinajstić information content (AvgIpc) is 2.59. The van der Waals surface area contributed by atoms with E-state index in [0.29, 0.717) is 16.8 Å². The van der Waals surface area contributed by atoms with Crippen molar-refractivity contribution in [3.63, 3.8) is 0 Å². The molecule has 0 bridgehead atoms. The van der Waals surface area contributed by atoms with Crippen molar-refractivity contribution in [2.24, 2.45) is 0 Å². The monoisotopic (exact) mass is 448 g/mol. The molecule has 0 aromatic carbocycles. The van der Waals surface area contributed by atoms with E-state index in [1.165, 1.54) is 17.1 Å². The molecule has 1 aliphatic rings. The van der Waals surface area contributed by atoms with E-state index in [0.717, 1.165) is 19.3 Å². The Kier molecular flexibility index (Phi) is 6.47. The molecule has 4 nitrogen and oxygen atoms in total. The van der Waals surface area contributed by atoms with Crippen LogP contribution in [0.4, 0.5) is 0 Å². The summed E-state index contributed by atoms with van der Waals surface area (Å²) in [4.78, 5) is 34.6. The van der Waals surface area contributed by atoms with Gasteiger partial charge in [0.15, 0.2) is 0 Å². The van der Waals surface area contributed by atoms with Gasteiger partial charge in [0.05, 0.1) is 0 Å². The van der Waals surface area contributed by atoms with Gasteiger partial charge in [-0.15, -0.1) is 0 Å². The molecule has 2 amide bonds. The number of amides is 2. The van der Waals surface area contributed by atoms with E-state index in [1.54, 1.807) is 0 Å². The molecule has 0 atom stereocenters. The molecule has 0 radical (unpaired) electrons. The molecular formula is C10H12I2NO3-. The molecule has 1 aliphatic heterocycles. The molecule has 90 valence electrons. The maximum atomic E-state index is 11.2. The summed E-state index contributed by atoms with van der Waals surface area (Å²) in [5.41, 5.74) is 0. The number of imide groups is 1. The summed E-state index contributed by atoms with van der Waals surface area (Å²) < 4.78 is 0.370. The number of hydrogen-bond acceptors (Lipinski definition) is 3. The maximum absolute atomic E-state index is 11.2. The molecule has 0 aliphatic carbocycles. The van der Waals surface area contributed by atoms with E-state index in [2.05, 4.69) is 18.6 Å². The summed E-state index contributed by atoms with van der Waals surface area (Å²) in [6.07, 6.45) is 5.79. The van der Waals surface area contributed by atoms with Crippen molar-refractivity contribution in [2.45, 2.75) is 25.7 Å². The Morgan fingerprint density at radius 3 is 2.38 bits per heavy atom. The molecule has 0 fully saturated rings. The Bertz CT molecular complexity index is 310. The number of rotatable bonds is 7. The van der Waals surface area contributed by atoms with Crippen LogP contribution in [0.5, 0.6) is 0 Å². The average molecular weight is 448 g/mol. The molecule has 0 saturated heterocycles. The van der Waals surface area contributed by atoms with Gasteiger partial charge in [-0.2, -0.15) is 0 Å². The zero-order valence-electron chi connectivity index (χ0n) is 8.62. The van der Waals surface area contributed by atoms with Crippen LogP contribution in [0.3, 0.4) is 0 Å². The molecule has 1 heterocycles. The van der Waals surface area contributed by atoms with Crippen molar-refractivity contribution < 1.29 is 31.6 Å². The predicted octanol–water partition coefficient (Wildman–Crippen LogP) is -1.56. The first-order valence-electron chi connectivity index (χ1n) is 4.97. The van der Waals surface area contributed by atoms with Crippen LogP contribution in [0, 0.1) is 0 Å². The second kappa shape index (κ2) is 7.36. The second-order valence-electron chi connectivity index (χ2n) is 3.40. The van der Waals surface area contributed by atoms with Crippen molar-refractivity contribution in [3.8, 4) is 0 Å². The SMILES string of the molecule is O=C(CCCCCN1C(=O)C=CC1=O)[I-]I. The predicted molar refractivity (Wildman–Crippen MR) is 63.4 cm³/mol. The fraction of sp³-hybridized carbons (Fsp3) is 0.500. The molecule has 0 N–H and O–H groups in total. The van der Waals surface area contributed by atoms with Crippen LogP contribution in [-0.2, 0) is 14.4 Å². The fourth-order valence-electron chi connectivity index (χ4n) is 1.40. The van der Waals surface area contributed by atoms with Gasteiger partial charge < -0.3 is 0 Å². The number of carbonyl (C=O) groups is 3. The van der Waals surface area contributed by atoms with Gasteiger partial charge >= 0.3 is 115 Å². The van der Waals surface area contributed by atoms with Crippen LogP contribution in [0.15, 0.2) is 12.2 Å². The first-order valence-corrected chi connectivity index (χ1v) is 12.3. The van der Waals surface area contributed by atoms with Gasteiger partial charge in [0.2, 0.25) is 0 Å². The van der Waals surface area contributed by atoms with Crippen molar-refractivity contribution >= 4 is 34.2 Å². The molecule has 0 aromatic heterocycles. The van der Waals surface area contributed by atoms with Gasteiger partial charge in [0.1, 0.15) is 0 Å². The van der Waals surface area contributed by atoms with Crippen LogP contribution in [0.1, 0.15) is 25.7 Å². The summed E-state index contributed by atoms with van der Waals surface area (Å²) in [5.74, 6) is -0.446. The molecule has 0 aromatic rings. The summed E-state index contributed by atoms with van der Waals surface area (Å²) in [7, 11) is 0. The first-order chi connectivity index (χ1) is 7.65. The van der Waals surface area contributed by atoms with Gasteiger partial charge in [-0.3, -0.25) is 0 Å². The second-order valence-corrected chi connectivity index (χ2v) is 7.74. The summed E-state index contributed by atoms with van der Waals surface area (Å²) in [5, 5.41) is 0. The summed E-state index contributed by atoms with van der Waals surface area (Å²) in [6, 6.07) is 0. The van der Waals surface area contributed by atoms with Gasteiger partial charge in [0, 0.05) is 0 Å². The van der Waals surface area contributed by atoms with Crippen molar-refractivity contribution in [2.75, 3.05) is 6.54 Å². The minimum absolute atomic E-state index is 0.223. The summed E-state index contributed by atoms with van der Waals surface area (Å²) >= 11 is 1.87. The van der Waals surface area contributed by atoms with E-state index in [9.17, 15) is 14.4 Å². The van der Waals surface area contributed by atoms with Crippen LogP contribution < -0.4 is 17.2 Å². The molecule has 0 spiro atoms. The van der Waals surface area contributed by atoms with Gasteiger partial charge in [-0.1, -0.05) is 0 Å². The standard InChI is InChI=1S/C10H12I2NO3/c11-12-8(14)4-2-1-3-7-13-9(15)5-6-10(13)16/h5-6H,1-4,7H2/q-1. The zero-order valence-corrected chi connectivity index (χ0v) is 12.9. The van der Waals surface area contributed by atoms with Gasteiger partial charge in [0.25, 0.3) is 0 Å². The van der Waals surface area contributed by atoms with Gasteiger partial charge in [-0.05, 0) is 0 Å². The van der Waals surface area contributed by atoms with Gasteiger partial charge in [-0.25, -0.2) is 0 Å². The Balaban J connectivity index is 2.10. The molecule has 16 heavy (non-hydrogen) atoms. The van der Waals surface area contributed by atoms with Crippen LogP contribution in [0.2, 0.25) is 0 Å².